The van der Waals surface area contributed by atoms with Crippen LogP contribution in [0, 0.1) is 5.82 Å². The maximum atomic E-state index is 14.6. The summed E-state index contributed by atoms with van der Waals surface area (Å²) in [7, 11) is 0. The molecular weight excluding hydrogens is 435 g/mol. The zero-order chi connectivity index (χ0) is 23.5. The molecule has 8 nitrogen and oxygen atoms in total. The standard InChI is InChI=1S/C25H27FN6O2/c26-20-7-6-16(15-21-23-18(4-3-11-28-23)25(34)31-30-21)14-19(20)24(33)29-17-8-12-32(13-9-17)22-5-1-2-10-27-22/h1-2,5-7,10,14,17,28H,3-4,8-9,11-13,15H2,(H,29,33)(H,31,34). The van der Waals surface area contributed by atoms with Crippen LogP contribution in [0.2, 0.25) is 0 Å². The van der Waals surface area contributed by atoms with Crippen LogP contribution in [0.5, 0.6) is 0 Å². The first-order valence-corrected chi connectivity index (χ1v) is 11.7. The van der Waals surface area contributed by atoms with Gasteiger partial charge < -0.3 is 15.5 Å². The van der Waals surface area contributed by atoms with E-state index < -0.39 is 11.7 Å². The predicted molar refractivity (Wildman–Crippen MR) is 128 cm³/mol. The van der Waals surface area contributed by atoms with Crippen molar-refractivity contribution in [2.75, 3.05) is 29.9 Å². The Kier molecular flexibility index (Phi) is 6.24. The molecule has 4 heterocycles. The van der Waals surface area contributed by atoms with Crippen molar-refractivity contribution in [2.45, 2.75) is 38.1 Å². The summed E-state index contributed by atoms with van der Waals surface area (Å²) in [6, 6.07) is 10.4. The third-order valence-electron chi connectivity index (χ3n) is 6.51. The Bertz CT molecular complexity index is 1240. The summed E-state index contributed by atoms with van der Waals surface area (Å²) >= 11 is 0. The van der Waals surface area contributed by atoms with Crippen LogP contribution in [0.1, 0.15) is 46.4 Å². The lowest BCUT2D eigenvalue weighted by molar-refractivity contribution is 0.0927. The van der Waals surface area contributed by atoms with Crippen molar-refractivity contribution >= 4 is 17.4 Å². The van der Waals surface area contributed by atoms with Gasteiger partial charge in [-0.15, -0.1) is 0 Å². The average molecular weight is 463 g/mol. The summed E-state index contributed by atoms with van der Waals surface area (Å²) in [5.41, 5.74) is 2.74. The summed E-state index contributed by atoms with van der Waals surface area (Å²) in [6.07, 6.45) is 5.28. The Morgan fingerprint density at radius 3 is 2.85 bits per heavy atom. The fraction of sp³-hybridized carbons (Fsp3) is 0.360. The third-order valence-corrected chi connectivity index (χ3v) is 6.51. The largest absolute Gasteiger partial charge is 0.383 e. The minimum Gasteiger partial charge on any atom is -0.383 e. The average Bonchev–Trinajstić information content (AvgIpc) is 2.88. The van der Waals surface area contributed by atoms with Gasteiger partial charge in [0, 0.05) is 43.9 Å². The van der Waals surface area contributed by atoms with Gasteiger partial charge in [-0.1, -0.05) is 12.1 Å². The molecule has 0 unspecified atom stereocenters. The minimum atomic E-state index is -0.554. The number of nitrogens with one attached hydrogen (secondary N) is 3. The van der Waals surface area contributed by atoms with Gasteiger partial charge in [0.2, 0.25) is 0 Å². The van der Waals surface area contributed by atoms with Crippen molar-refractivity contribution in [1.29, 1.82) is 0 Å². The number of hydrogen-bond donors (Lipinski definition) is 3. The van der Waals surface area contributed by atoms with E-state index in [9.17, 15) is 14.0 Å². The summed E-state index contributed by atoms with van der Waals surface area (Å²) in [5.74, 6) is -0.0365. The van der Waals surface area contributed by atoms with E-state index in [-0.39, 0.29) is 17.2 Å². The van der Waals surface area contributed by atoms with Crippen LogP contribution in [0.15, 0.2) is 47.4 Å². The van der Waals surface area contributed by atoms with Crippen LogP contribution in [-0.2, 0) is 12.8 Å². The zero-order valence-corrected chi connectivity index (χ0v) is 18.8. The van der Waals surface area contributed by atoms with Crippen LogP contribution >= 0.6 is 0 Å². The molecule has 2 aromatic heterocycles. The second-order valence-corrected chi connectivity index (χ2v) is 8.80. The van der Waals surface area contributed by atoms with Gasteiger partial charge in [0.25, 0.3) is 11.5 Å². The topological polar surface area (TPSA) is 103 Å². The number of piperidine rings is 1. The lowest BCUT2D eigenvalue weighted by Crippen LogP contribution is -2.45. The fourth-order valence-corrected chi connectivity index (χ4v) is 4.69. The molecule has 0 radical (unpaired) electrons. The number of amides is 1. The SMILES string of the molecule is O=C(NC1CCN(c2ccccn2)CC1)c1cc(Cc2n[nH]c(=O)c3c2NCCC3)ccc1F. The molecule has 176 valence electrons. The highest BCUT2D eigenvalue weighted by atomic mass is 19.1. The number of aromatic amines is 1. The van der Waals surface area contributed by atoms with Crippen molar-refractivity contribution < 1.29 is 9.18 Å². The maximum Gasteiger partial charge on any atom is 0.269 e. The van der Waals surface area contributed by atoms with Crippen LogP contribution in [0.3, 0.4) is 0 Å². The summed E-state index contributed by atoms with van der Waals surface area (Å²) in [5, 5.41) is 13.0. The molecule has 0 aliphatic carbocycles. The number of carbonyl (C=O) groups is 1. The van der Waals surface area contributed by atoms with E-state index >= 15 is 0 Å². The van der Waals surface area contributed by atoms with Crippen LogP contribution in [0.25, 0.3) is 0 Å². The summed E-state index contributed by atoms with van der Waals surface area (Å²) in [4.78, 5) is 31.6. The normalized spacial score (nSPS) is 16.0. The van der Waals surface area contributed by atoms with Crippen LogP contribution in [0.4, 0.5) is 15.9 Å². The van der Waals surface area contributed by atoms with Gasteiger partial charge >= 0.3 is 0 Å². The minimum absolute atomic E-state index is 0.0207. The Morgan fingerprint density at radius 1 is 1.21 bits per heavy atom. The highest BCUT2D eigenvalue weighted by molar-refractivity contribution is 5.94. The molecule has 1 fully saturated rings. The van der Waals surface area contributed by atoms with Gasteiger partial charge in [0.05, 0.1) is 16.9 Å². The van der Waals surface area contributed by atoms with Crippen LogP contribution in [-0.4, -0.2) is 46.8 Å². The number of carbonyl (C=O) groups excluding carboxylic acids is 1. The number of aromatic nitrogens is 3. The molecule has 2 aliphatic heterocycles. The van der Waals surface area contributed by atoms with E-state index in [2.05, 4.69) is 30.7 Å². The molecule has 1 saturated heterocycles. The van der Waals surface area contributed by atoms with Crippen molar-refractivity contribution in [3.63, 3.8) is 0 Å². The number of rotatable bonds is 5. The smallest absolute Gasteiger partial charge is 0.269 e. The molecule has 1 aromatic carbocycles. The number of hydrogen-bond acceptors (Lipinski definition) is 6. The van der Waals surface area contributed by atoms with Gasteiger partial charge in [0.1, 0.15) is 11.6 Å². The lowest BCUT2D eigenvalue weighted by atomic mass is 9.99. The highest BCUT2D eigenvalue weighted by Gasteiger charge is 2.24. The Hall–Kier alpha value is -3.75. The number of anilines is 2. The first-order valence-electron chi connectivity index (χ1n) is 11.7. The molecule has 1 amide bonds. The van der Waals surface area contributed by atoms with Crippen molar-refractivity contribution in [1.82, 2.24) is 20.5 Å². The third kappa shape index (κ3) is 4.64. The van der Waals surface area contributed by atoms with E-state index in [1.54, 1.807) is 18.3 Å². The second-order valence-electron chi connectivity index (χ2n) is 8.80. The van der Waals surface area contributed by atoms with Gasteiger partial charge in [-0.2, -0.15) is 5.10 Å². The Balaban J connectivity index is 1.26. The highest BCUT2D eigenvalue weighted by Crippen LogP contribution is 2.24. The predicted octanol–water partition coefficient (Wildman–Crippen LogP) is 2.65. The number of H-pyrrole nitrogens is 1. The molecule has 2 aliphatic rings. The van der Waals surface area contributed by atoms with E-state index in [0.29, 0.717) is 24.1 Å². The molecule has 9 heteroatoms. The second kappa shape index (κ2) is 9.62. The van der Waals surface area contributed by atoms with Gasteiger partial charge in [-0.25, -0.2) is 14.5 Å². The first-order chi connectivity index (χ1) is 16.6. The number of halogens is 1. The molecule has 0 bridgehead atoms. The van der Waals surface area contributed by atoms with E-state index in [1.165, 1.54) is 6.07 Å². The molecule has 3 N–H and O–H groups in total. The quantitative estimate of drug-likeness (QED) is 0.539. The van der Waals surface area contributed by atoms with E-state index in [4.69, 9.17) is 0 Å². The number of nitrogens with zero attached hydrogens (tertiary/aromatic N) is 3. The van der Waals surface area contributed by atoms with Gasteiger partial charge in [-0.05, 0) is 55.5 Å². The van der Waals surface area contributed by atoms with Crippen molar-refractivity contribution in [2.24, 2.45) is 0 Å². The molecular formula is C25H27FN6O2. The summed E-state index contributed by atoms with van der Waals surface area (Å²) < 4.78 is 14.6. The lowest BCUT2D eigenvalue weighted by Gasteiger charge is -2.33. The number of pyridine rings is 1. The zero-order valence-electron chi connectivity index (χ0n) is 18.8. The molecule has 3 aromatic rings. The van der Waals surface area contributed by atoms with Crippen molar-refractivity contribution in [3.05, 3.63) is 81.2 Å². The summed E-state index contributed by atoms with van der Waals surface area (Å²) in [6.45, 7) is 2.34. The molecule has 5 rings (SSSR count). The van der Waals surface area contributed by atoms with Crippen LogP contribution < -0.4 is 21.1 Å². The Morgan fingerprint density at radius 2 is 2.06 bits per heavy atom. The first kappa shape index (κ1) is 22.1. The number of fused-ring (bicyclic) bond motifs is 1. The van der Waals surface area contributed by atoms with E-state index in [0.717, 1.165) is 56.0 Å². The maximum absolute atomic E-state index is 14.6. The van der Waals surface area contributed by atoms with E-state index in [1.807, 2.05) is 18.2 Å². The monoisotopic (exact) mass is 462 g/mol. The molecule has 0 spiro atoms. The number of benzene rings is 1. The van der Waals surface area contributed by atoms with Gasteiger partial charge in [0.15, 0.2) is 0 Å². The Labute approximate surface area is 196 Å². The fourth-order valence-electron chi connectivity index (χ4n) is 4.69. The molecule has 0 atom stereocenters. The molecule has 0 saturated carbocycles. The van der Waals surface area contributed by atoms with Crippen molar-refractivity contribution in [3.8, 4) is 0 Å². The van der Waals surface area contributed by atoms with Gasteiger partial charge in [-0.3, -0.25) is 9.59 Å². The molecule has 34 heavy (non-hydrogen) atoms.